The van der Waals surface area contributed by atoms with Crippen molar-refractivity contribution in [3.8, 4) is 11.8 Å². The quantitative estimate of drug-likeness (QED) is 0.812. The molecule has 1 amide bonds. The standard InChI is InChI=1S/C16H19NO2/c18-11-5-10-13-6-1-4-9-15(13)12-17-16(19)14-7-2-3-8-14/h1,4,6,9,14,18H,2-3,7-8,11-12H2,(H,17,19). The van der Waals surface area contributed by atoms with Gasteiger partial charge >= 0.3 is 0 Å². The van der Waals surface area contributed by atoms with Crippen molar-refractivity contribution >= 4 is 5.91 Å². The van der Waals surface area contributed by atoms with E-state index in [4.69, 9.17) is 5.11 Å². The van der Waals surface area contributed by atoms with Crippen molar-refractivity contribution in [3.63, 3.8) is 0 Å². The first kappa shape index (κ1) is 13.6. The molecule has 1 aromatic rings. The second-order valence-electron chi connectivity index (χ2n) is 4.82. The van der Waals surface area contributed by atoms with Crippen LogP contribution in [0.15, 0.2) is 24.3 Å². The minimum absolute atomic E-state index is 0.150. The predicted molar refractivity (Wildman–Crippen MR) is 74.2 cm³/mol. The van der Waals surface area contributed by atoms with Gasteiger partial charge in [0, 0.05) is 18.0 Å². The molecule has 3 nitrogen and oxygen atoms in total. The number of benzene rings is 1. The summed E-state index contributed by atoms with van der Waals surface area (Å²) in [6, 6.07) is 7.70. The third-order valence-corrected chi connectivity index (χ3v) is 3.50. The maximum atomic E-state index is 12.0. The maximum absolute atomic E-state index is 12.0. The van der Waals surface area contributed by atoms with E-state index in [1.807, 2.05) is 24.3 Å². The van der Waals surface area contributed by atoms with Crippen molar-refractivity contribution in [2.45, 2.75) is 32.2 Å². The number of aliphatic hydroxyl groups is 1. The molecule has 3 heteroatoms. The average Bonchev–Trinajstić information content (AvgIpc) is 2.97. The van der Waals surface area contributed by atoms with Gasteiger partial charge < -0.3 is 10.4 Å². The van der Waals surface area contributed by atoms with Crippen molar-refractivity contribution in [1.29, 1.82) is 0 Å². The first-order valence-electron chi connectivity index (χ1n) is 6.76. The van der Waals surface area contributed by atoms with Gasteiger partial charge in [0.1, 0.15) is 6.61 Å². The minimum Gasteiger partial charge on any atom is -0.384 e. The highest BCUT2D eigenvalue weighted by molar-refractivity contribution is 5.78. The number of carbonyl (C=O) groups excluding carboxylic acids is 1. The van der Waals surface area contributed by atoms with Gasteiger partial charge in [-0.15, -0.1) is 0 Å². The Bertz CT molecular complexity index is 493. The van der Waals surface area contributed by atoms with Gasteiger partial charge in [0.2, 0.25) is 5.91 Å². The van der Waals surface area contributed by atoms with Gasteiger partial charge in [0.15, 0.2) is 0 Å². The van der Waals surface area contributed by atoms with E-state index >= 15 is 0 Å². The van der Waals surface area contributed by atoms with Crippen molar-refractivity contribution in [2.75, 3.05) is 6.61 Å². The summed E-state index contributed by atoms with van der Waals surface area (Å²) in [5.41, 5.74) is 1.86. The topological polar surface area (TPSA) is 49.3 Å². The molecule has 2 rings (SSSR count). The number of rotatable bonds is 3. The van der Waals surface area contributed by atoms with Gasteiger partial charge in [-0.1, -0.05) is 42.9 Å². The highest BCUT2D eigenvalue weighted by atomic mass is 16.2. The molecule has 1 fully saturated rings. The molecule has 0 aliphatic heterocycles. The number of nitrogens with one attached hydrogen (secondary N) is 1. The summed E-state index contributed by atoms with van der Waals surface area (Å²) in [6.07, 6.45) is 4.35. The Morgan fingerprint density at radius 3 is 2.79 bits per heavy atom. The Labute approximate surface area is 114 Å². The van der Waals surface area contributed by atoms with Crippen LogP contribution in [0.4, 0.5) is 0 Å². The lowest BCUT2D eigenvalue weighted by atomic mass is 10.1. The van der Waals surface area contributed by atoms with Crippen LogP contribution in [0.2, 0.25) is 0 Å². The zero-order chi connectivity index (χ0) is 13.5. The number of carbonyl (C=O) groups is 1. The molecule has 0 saturated heterocycles. The fourth-order valence-electron chi connectivity index (χ4n) is 2.45. The molecule has 1 aliphatic carbocycles. The third-order valence-electron chi connectivity index (χ3n) is 3.50. The van der Waals surface area contributed by atoms with Crippen molar-refractivity contribution in [1.82, 2.24) is 5.32 Å². The molecule has 1 aliphatic rings. The Balaban J connectivity index is 1.97. The highest BCUT2D eigenvalue weighted by Gasteiger charge is 2.22. The first-order valence-corrected chi connectivity index (χ1v) is 6.76. The molecule has 1 saturated carbocycles. The number of hydrogen-bond acceptors (Lipinski definition) is 2. The van der Waals surface area contributed by atoms with E-state index in [1.165, 1.54) is 0 Å². The van der Waals surface area contributed by atoms with Gasteiger partial charge in [-0.3, -0.25) is 4.79 Å². The molecule has 2 N–H and O–H groups in total. The molecule has 0 spiro atoms. The van der Waals surface area contributed by atoms with Gasteiger partial charge in [-0.2, -0.15) is 0 Å². The first-order chi connectivity index (χ1) is 9.31. The van der Waals surface area contributed by atoms with Crippen molar-refractivity contribution < 1.29 is 9.90 Å². The van der Waals surface area contributed by atoms with Gasteiger partial charge in [0.25, 0.3) is 0 Å². The lowest BCUT2D eigenvalue weighted by Gasteiger charge is -2.11. The third kappa shape index (κ3) is 3.84. The van der Waals surface area contributed by atoms with E-state index in [2.05, 4.69) is 17.2 Å². The molecule has 0 atom stereocenters. The highest BCUT2D eigenvalue weighted by Crippen LogP contribution is 2.24. The fourth-order valence-corrected chi connectivity index (χ4v) is 2.45. The summed E-state index contributed by atoms with van der Waals surface area (Å²) in [5, 5.41) is 11.7. The maximum Gasteiger partial charge on any atom is 0.223 e. The van der Waals surface area contributed by atoms with Gasteiger partial charge in [-0.25, -0.2) is 0 Å². The SMILES string of the molecule is O=C(NCc1ccccc1C#CCO)C1CCCC1. The molecule has 100 valence electrons. The van der Waals surface area contributed by atoms with E-state index < -0.39 is 0 Å². The summed E-state index contributed by atoms with van der Waals surface area (Å²) in [5.74, 6) is 5.89. The van der Waals surface area contributed by atoms with E-state index in [1.54, 1.807) is 0 Å². The van der Waals surface area contributed by atoms with E-state index in [0.29, 0.717) is 6.54 Å². The Hall–Kier alpha value is -1.79. The van der Waals surface area contributed by atoms with Crippen LogP contribution in [0.1, 0.15) is 36.8 Å². The van der Waals surface area contributed by atoms with Crippen LogP contribution in [0.3, 0.4) is 0 Å². The lowest BCUT2D eigenvalue weighted by molar-refractivity contribution is -0.124. The second kappa shape index (κ2) is 6.96. The molecule has 0 aromatic heterocycles. The number of hydrogen-bond donors (Lipinski definition) is 2. The normalized spacial score (nSPS) is 14.8. The summed E-state index contributed by atoms with van der Waals surface area (Å²) < 4.78 is 0. The van der Waals surface area contributed by atoms with Gasteiger partial charge in [0.05, 0.1) is 0 Å². The molecular formula is C16H19NO2. The predicted octanol–water partition coefficient (Wildman–Crippen LogP) is 1.84. The molecule has 0 heterocycles. The molecule has 0 bridgehead atoms. The summed E-state index contributed by atoms with van der Waals surface area (Å²) >= 11 is 0. The zero-order valence-corrected chi connectivity index (χ0v) is 11.0. The van der Waals surface area contributed by atoms with Crippen LogP contribution in [0, 0.1) is 17.8 Å². The van der Waals surface area contributed by atoms with Crippen LogP contribution in [0.5, 0.6) is 0 Å². The monoisotopic (exact) mass is 257 g/mol. The van der Waals surface area contributed by atoms with E-state index in [0.717, 1.165) is 36.8 Å². The average molecular weight is 257 g/mol. The fraction of sp³-hybridized carbons (Fsp3) is 0.438. The molecule has 1 aromatic carbocycles. The van der Waals surface area contributed by atoms with Crippen molar-refractivity contribution in [3.05, 3.63) is 35.4 Å². The van der Waals surface area contributed by atoms with Crippen LogP contribution >= 0.6 is 0 Å². The Morgan fingerprint density at radius 1 is 1.32 bits per heavy atom. The summed E-state index contributed by atoms with van der Waals surface area (Å²) in [6.45, 7) is 0.356. The van der Waals surface area contributed by atoms with Crippen LogP contribution < -0.4 is 5.32 Å². The molecule has 0 radical (unpaired) electrons. The second-order valence-corrected chi connectivity index (χ2v) is 4.82. The summed E-state index contributed by atoms with van der Waals surface area (Å²) in [4.78, 5) is 12.0. The van der Waals surface area contributed by atoms with Crippen LogP contribution in [0.25, 0.3) is 0 Å². The Morgan fingerprint density at radius 2 is 2.05 bits per heavy atom. The molecule has 0 unspecified atom stereocenters. The van der Waals surface area contributed by atoms with E-state index in [9.17, 15) is 4.79 Å². The lowest BCUT2D eigenvalue weighted by Crippen LogP contribution is -2.29. The molecule has 19 heavy (non-hydrogen) atoms. The van der Waals surface area contributed by atoms with Crippen LogP contribution in [-0.4, -0.2) is 17.6 Å². The smallest absolute Gasteiger partial charge is 0.223 e. The van der Waals surface area contributed by atoms with E-state index in [-0.39, 0.29) is 18.4 Å². The number of aliphatic hydroxyl groups excluding tert-OH is 1. The molecular weight excluding hydrogens is 238 g/mol. The zero-order valence-electron chi connectivity index (χ0n) is 11.0. The largest absolute Gasteiger partial charge is 0.384 e. The van der Waals surface area contributed by atoms with Crippen molar-refractivity contribution in [2.24, 2.45) is 5.92 Å². The Kier molecular flexibility index (Phi) is 5.00. The minimum atomic E-state index is -0.150. The van der Waals surface area contributed by atoms with Crippen LogP contribution in [-0.2, 0) is 11.3 Å². The number of amides is 1. The van der Waals surface area contributed by atoms with Gasteiger partial charge in [-0.05, 0) is 24.5 Å². The summed E-state index contributed by atoms with van der Waals surface area (Å²) in [7, 11) is 0.